The lowest BCUT2D eigenvalue weighted by Gasteiger charge is -2.23. The summed E-state index contributed by atoms with van der Waals surface area (Å²) >= 11 is 0. The summed E-state index contributed by atoms with van der Waals surface area (Å²) in [6, 6.07) is 17.1. The largest absolute Gasteiger partial charge is 0.305 e. The zero-order valence-electron chi connectivity index (χ0n) is 18.6. The molecule has 4 rings (SSSR count). The third-order valence-corrected chi connectivity index (χ3v) is 6.39. The van der Waals surface area contributed by atoms with E-state index in [-0.39, 0.29) is 5.92 Å². The van der Waals surface area contributed by atoms with E-state index >= 15 is 0 Å². The van der Waals surface area contributed by atoms with Crippen molar-refractivity contribution in [2.24, 2.45) is 0 Å². The first-order valence-electron chi connectivity index (χ1n) is 10.6. The smallest absolute Gasteiger partial charge is 0.0696 e. The Morgan fingerprint density at radius 1 is 0.933 bits per heavy atom. The summed E-state index contributed by atoms with van der Waals surface area (Å²) in [6.45, 7) is 7.35. The number of rotatable bonds is 5. The highest BCUT2D eigenvalue weighted by atomic mass is 15.0. The average Bonchev–Trinajstić information content (AvgIpc) is 3.18. The molecule has 1 atom stereocenters. The van der Waals surface area contributed by atoms with Crippen LogP contribution in [0.4, 0.5) is 0 Å². The van der Waals surface area contributed by atoms with E-state index in [4.69, 9.17) is 0 Å². The van der Waals surface area contributed by atoms with Gasteiger partial charge in [0.05, 0.1) is 5.71 Å². The van der Waals surface area contributed by atoms with Gasteiger partial charge in [-0.25, -0.2) is 0 Å². The van der Waals surface area contributed by atoms with Gasteiger partial charge in [0.2, 0.25) is 0 Å². The van der Waals surface area contributed by atoms with Crippen molar-refractivity contribution >= 4 is 16.5 Å². The molecule has 0 heterocycles. The van der Waals surface area contributed by atoms with Crippen molar-refractivity contribution < 1.29 is 0 Å². The lowest BCUT2D eigenvalue weighted by Crippen LogP contribution is -2.19. The zero-order valence-corrected chi connectivity index (χ0v) is 18.6. The van der Waals surface area contributed by atoms with Crippen molar-refractivity contribution in [2.75, 3.05) is 20.6 Å². The summed E-state index contributed by atoms with van der Waals surface area (Å²) in [5.41, 5.74) is 9.04. The molecule has 0 fully saturated rings. The molecule has 3 aromatic carbocycles. The first kappa shape index (κ1) is 20.3. The number of nitrogens with one attached hydrogen (secondary N) is 1. The van der Waals surface area contributed by atoms with E-state index in [0.29, 0.717) is 5.71 Å². The second kappa shape index (κ2) is 8.04. The van der Waals surface area contributed by atoms with E-state index < -0.39 is 0 Å². The van der Waals surface area contributed by atoms with Gasteiger partial charge >= 0.3 is 0 Å². The molecule has 0 bridgehead atoms. The van der Waals surface area contributed by atoms with Crippen LogP contribution in [-0.4, -0.2) is 31.3 Å². The van der Waals surface area contributed by atoms with Gasteiger partial charge in [-0.2, -0.15) is 0 Å². The Balaban J connectivity index is 1.93. The molecule has 2 heteroatoms. The van der Waals surface area contributed by atoms with Gasteiger partial charge in [0.25, 0.3) is 0 Å². The topological polar surface area (TPSA) is 27.1 Å². The fraction of sp³-hybridized carbons (Fsp3) is 0.250. The molecule has 0 amide bonds. The van der Waals surface area contributed by atoms with Crippen molar-refractivity contribution in [3.63, 3.8) is 0 Å². The fourth-order valence-electron chi connectivity index (χ4n) is 4.53. The van der Waals surface area contributed by atoms with E-state index in [1.54, 1.807) is 0 Å². The molecule has 30 heavy (non-hydrogen) atoms. The van der Waals surface area contributed by atoms with Crippen LogP contribution in [0.1, 0.15) is 39.3 Å². The van der Waals surface area contributed by atoms with Crippen LogP contribution in [0, 0.1) is 26.2 Å². The molecular weight excluding hydrogens is 364 g/mol. The summed E-state index contributed by atoms with van der Waals surface area (Å²) in [6.07, 6.45) is 6.66. The van der Waals surface area contributed by atoms with Gasteiger partial charge in [-0.15, -0.1) is 0 Å². The van der Waals surface area contributed by atoms with Gasteiger partial charge in [0, 0.05) is 23.6 Å². The molecule has 1 aliphatic carbocycles. The molecule has 0 aromatic heterocycles. The van der Waals surface area contributed by atoms with Gasteiger partial charge in [-0.1, -0.05) is 66.8 Å². The predicted octanol–water partition coefficient (Wildman–Crippen LogP) is 6.32. The standard InChI is InChI=1S/C28H30N2/c1-18-13-15-23(20(3)19(18)2)28(29)27-25-11-7-6-9-21(25)14-16-26(27)24-12-8-10-22(24)17-30(4)5/h6-16,24,29H,17H2,1-5H3. The quantitative estimate of drug-likeness (QED) is 0.504. The second-order valence-electron chi connectivity index (χ2n) is 8.65. The third kappa shape index (κ3) is 3.53. The minimum Gasteiger partial charge on any atom is -0.305 e. The van der Waals surface area contributed by atoms with Crippen LogP contribution < -0.4 is 0 Å². The van der Waals surface area contributed by atoms with E-state index in [0.717, 1.165) is 23.1 Å². The van der Waals surface area contributed by atoms with Crippen molar-refractivity contribution in [1.29, 1.82) is 5.41 Å². The third-order valence-electron chi connectivity index (χ3n) is 6.39. The van der Waals surface area contributed by atoms with Crippen molar-refractivity contribution in [3.8, 4) is 0 Å². The summed E-state index contributed by atoms with van der Waals surface area (Å²) in [5.74, 6) is 0.208. The van der Waals surface area contributed by atoms with Crippen molar-refractivity contribution in [3.05, 3.63) is 106 Å². The number of allylic oxidation sites excluding steroid dienone is 3. The highest BCUT2D eigenvalue weighted by Gasteiger charge is 2.24. The molecule has 152 valence electrons. The first-order chi connectivity index (χ1) is 14.4. The molecule has 1 unspecified atom stereocenters. The maximum atomic E-state index is 9.32. The number of nitrogens with zero attached hydrogens (tertiary/aromatic N) is 1. The molecule has 2 nitrogen and oxygen atoms in total. The molecule has 0 saturated heterocycles. The number of hydrogen-bond acceptors (Lipinski definition) is 2. The Labute approximate surface area is 180 Å². The Morgan fingerprint density at radius 2 is 1.70 bits per heavy atom. The average molecular weight is 395 g/mol. The van der Waals surface area contributed by atoms with Crippen LogP contribution in [-0.2, 0) is 0 Å². The predicted molar refractivity (Wildman–Crippen MR) is 129 cm³/mol. The lowest BCUT2D eigenvalue weighted by molar-refractivity contribution is 0.439. The van der Waals surface area contributed by atoms with Gasteiger partial charge in [0.1, 0.15) is 0 Å². The van der Waals surface area contributed by atoms with Crippen LogP contribution in [0.2, 0.25) is 0 Å². The van der Waals surface area contributed by atoms with E-state index in [9.17, 15) is 5.41 Å². The minimum absolute atomic E-state index is 0.208. The van der Waals surface area contributed by atoms with Gasteiger partial charge in [0.15, 0.2) is 0 Å². The number of fused-ring (bicyclic) bond motifs is 1. The monoisotopic (exact) mass is 394 g/mol. The Kier molecular flexibility index (Phi) is 5.44. The molecule has 0 radical (unpaired) electrons. The van der Waals surface area contributed by atoms with Crippen molar-refractivity contribution in [1.82, 2.24) is 4.90 Å². The Morgan fingerprint density at radius 3 is 2.47 bits per heavy atom. The Bertz CT molecular complexity index is 1190. The summed E-state index contributed by atoms with van der Waals surface area (Å²) in [5, 5.41) is 11.7. The van der Waals surface area contributed by atoms with Crippen LogP contribution in [0.15, 0.2) is 72.3 Å². The molecule has 0 saturated carbocycles. The van der Waals surface area contributed by atoms with E-state index in [2.05, 4.69) is 107 Å². The minimum atomic E-state index is 0.208. The van der Waals surface area contributed by atoms with Crippen LogP contribution in [0.3, 0.4) is 0 Å². The summed E-state index contributed by atoms with van der Waals surface area (Å²) < 4.78 is 0. The lowest BCUT2D eigenvalue weighted by atomic mass is 9.82. The van der Waals surface area contributed by atoms with Crippen LogP contribution in [0.25, 0.3) is 10.8 Å². The second-order valence-corrected chi connectivity index (χ2v) is 8.65. The number of aryl methyl sites for hydroxylation is 1. The zero-order chi connectivity index (χ0) is 21.4. The summed E-state index contributed by atoms with van der Waals surface area (Å²) in [4.78, 5) is 2.21. The highest BCUT2D eigenvalue weighted by molar-refractivity contribution is 6.19. The number of hydrogen-bond donors (Lipinski definition) is 1. The van der Waals surface area contributed by atoms with E-state index in [1.807, 2.05) is 0 Å². The normalized spacial score (nSPS) is 15.8. The number of benzene rings is 3. The van der Waals surface area contributed by atoms with Gasteiger partial charge in [-0.05, 0) is 73.5 Å². The van der Waals surface area contributed by atoms with Crippen LogP contribution >= 0.6 is 0 Å². The summed E-state index contributed by atoms with van der Waals surface area (Å²) in [7, 11) is 4.22. The molecule has 0 spiro atoms. The molecule has 1 N–H and O–H groups in total. The fourth-order valence-corrected chi connectivity index (χ4v) is 4.53. The maximum absolute atomic E-state index is 9.32. The van der Waals surface area contributed by atoms with E-state index in [1.165, 1.54) is 33.2 Å². The van der Waals surface area contributed by atoms with Gasteiger partial charge in [-0.3, -0.25) is 5.41 Å². The molecular formula is C28H30N2. The SMILES string of the molecule is Cc1ccc(C(=N)c2c(C3C=CC=C3CN(C)C)ccc3ccccc23)c(C)c1C. The molecule has 0 aliphatic heterocycles. The molecule has 1 aliphatic rings. The Hall–Kier alpha value is -2.97. The number of likely N-dealkylation sites (N-methyl/N-ethyl adjacent to an activating group) is 1. The highest BCUT2D eigenvalue weighted by Crippen LogP contribution is 2.37. The maximum Gasteiger partial charge on any atom is 0.0696 e. The van der Waals surface area contributed by atoms with Crippen LogP contribution in [0.5, 0.6) is 0 Å². The van der Waals surface area contributed by atoms with Crippen molar-refractivity contribution in [2.45, 2.75) is 26.7 Å². The molecule has 3 aromatic rings. The van der Waals surface area contributed by atoms with Gasteiger partial charge < -0.3 is 4.90 Å². The first-order valence-corrected chi connectivity index (χ1v) is 10.6.